The van der Waals surface area contributed by atoms with E-state index in [1.54, 1.807) is 24.3 Å². The molecular weight excluding hydrogens is 274 g/mol. The van der Waals surface area contributed by atoms with Crippen molar-refractivity contribution >= 4 is 23.5 Å². The normalized spacial score (nSPS) is 13.7. The number of hydrogen-bond acceptors (Lipinski definition) is 3. The van der Waals surface area contributed by atoms with E-state index in [-0.39, 0.29) is 31.2 Å². The van der Waals surface area contributed by atoms with Crippen molar-refractivity contribution in [2.75, 3.05) is 11.4 Å². The van der Waals surface area contributed by atoms with Gasteiger partial charge in [-0.25, -0.2) is 0 Å². The predicted molar refractivity (Wildman–Crippen MR) is 75.1 cm³/mol. The van der Waals surface area contributed by atoms with Crippen molar-refractivity contribution in [3.8, 4) is 0 Å². The van der Waals surface area contributed by atoms with Gasteiger partial charge < -0.3 is 15.1 Å². The average molecular weight is 291 g/mol. The first-order valence-corrected chi connectivity index (χ1v) is 6.81. The topological polar surface area (TPSA) is 94.9 Å². The first kappa shape index (κ1) is 15.0. The quantitative estimate of drug-likeness (QED) is 0.794. The zero-order valence-electron chi connectivity index (χ0n) is 11.5. The van der Waals surface area contributed by atoms with Gasteiger partial charge in [0.15, 0.2) is 0 Å². The van der Waals surface area contributed by atoms with E-state index in [1.165, 1.54) is 4.90 Å². The molecule has 1 aliphatic carbocycles. The molecule has 0 atom stereocenters. The van der Waals surface area contributed by atoms with Crippen LogP contribution < -0.4 is 4.90 Å². The Bertz CT molecular complexity index is 548. The number of benzene rings is 1. The molecule has 0 unspecified atom stereocenters. The number of nitrogens with zero attached hydrogens (tertiary/aromatic N) is 1. The van der Waals surface area contributed by atoms with Crippen LogP contribution in [-0.2, 0) is 20.8 Å². The van der Waals surface area contributed by atoms with Crippen LogP contribution in [0.15, 0.2) is 24.3 Å². The Hall–Kier alpha value is -2.37. The van der Waals surface area contributed by atoms with Gasteiger partial charge in [0.2, 0.25) is 5.91 Å². The van der Waals surface area contributed by atoms with Gasteiger partial charge in [-0.3, -0.25) is 14.4 Å². The summed E-state index contributed by atoms with van der Waals surface area (Å²) in [5, 5.41) is 17.5. The number of carbonyl (C=O) groups is 3. The van der Waals surface area contributed by atoms with Crippen molar-refractivity contribution in [2.24, 2.45) is 5.92 Å². The van der Waals surface area contributed by atoms with Crippen molar-refractivity contribution in [1.29, 1.82) is 0 Å². The largest absolute Gasteiger partial charge is 0.481 e. The lowest BCUT2D eigenvalue weighted by Crippen LogP contribution is -2.34. The molecule has 1 aliphatic rings. The van der Waals surface area contributed by atoms with E-state index in [0.29, 0.717) is 11.3 Å². The van der Waals surface area contributed by atoms with E-state index in [9.17, 15) is 14.4 Å². The monoisotopic (exact) mass is 291 g/mol. The molecule has 0 spiro atoms. The van der Waals surface area contributed by atoms with Crippen LogP contribution in [0.3, 0.4) is 0 Å². The molecule has 0 radical (unpaired) electrons. The Morgan fingerprint density at radius 2 is 1.67 bits per heavy atom. The zero-order valence-corrected chi connectivity index (χ0v) is 11.5. The summed E-state index contributed by atoms with van der Waals surface area (Å²) in [6.45, 7) is 0.128. The van der Waals surface area contributed by atoms with E-state index < -0.39 is 11.9 Å². The molecule has 6 heteroatoms. The minimum absolute atomic E-state index is 0.00232. The summed E-state index contributed by atoms with van der Waals surface area (Å²) in [5.74, 6) is -1.93. The second-order valence-corrected chi connectivity index (χ2v) is 5.14. The number of rotatable bonds is 7. The highest BCUT2D eigenvalue weighted by atomic mass is 16.4. The molecule has 0 bridgehead atoms. The summed E-state index contributed by atoms with van der Waals surface area (Å²) in [4.78, 5) is 35.1. The van der Waals surface area contributed by atoms with Crippen molar-refractivity contribution in [1.82, 2.24) is 0 Å². The molecular formula is C15H17NO5. The number of carbonyl (C=O) groups excluding carboxylic acids is 1. The fourth-order valence-corrected chi connectivity index (χ4v) is 2.09. The molecule has 0 heterocycles. The second-order valence-electron chi connectivity index (χ2n) is 5.14. The van der Waals surface area contributed by atoms with Gasteiger partial charge >= 0.3 is 11.9 Å². The smallest absolute Gasteiger partial charge is 0.307 e. The van der Waals surface area contributed by atoms with E-state index >= 15 is 0 Å². The van der Waals surface area contributed by atoms with Crippen LogP contribution >= 0.6 is 0 Å². The van der Waals surface area contributed by atoms with Crippen LogP contribution in [0.5, 0.6) is 0 Å². The zero-order chi connectivity index (χ0) is 15.4. The molecule has 1 aromatic carbocycles. The summed E-state index contributed by atoms with van der Waals surface area (Å²) in [6.07, 6.45) is 1.50. The highest BCUT2D eigenvalue weighted by molar-refractivity contribution is 5.96. The number of carboxylic acids is 2. The lowest BCUT2D eigenvalue weighted by Gasteiger charge is -2.22. The Labute approximate surface area is 122 Å². The van der Waals surface area contributed by atoms with Crippen molar-refractivity contribution < 1.29 is 24.6 Å². The van der Waals surface area contributed by atoms with E-state index in [2.05, 4.69) is 0 Å². The molecule has 1 fully saturated rings. The molecule has 112 valence electrons. The maximum atomic E-state index is 12.2. The summed E-state index contributed by atoms with van der Waals surface area (Å²) >= 11 is 0. The number of amides is 1. The van der Waals surface area contributed by atoms with Gasteiger partial charge in [-0.1, -0.05) is 12.1 Å². The number of hydrogen-bond donors (Lipinski definition) is 2. The lowest BCUT2D eigenvalue weighted by molar-refractivity contribution is -0.137. The Balaban J connectivity index is 2.12. The Morgan fingerprint density at radius 1 is 1.05 bits per heavy atom. The highest BCUT2D eigenvalue weighted by Crippen LogP contribution is 2.33. The molecule has 0 aliphatic heterocycles. The van der Waals surface area contributed by atoms with Crippen molar-refractivity contribution in [3.05, 3.63) is 29.8 Å². The van der Waals surface area contributed by atoms with Crippen molar-refractivity contribution in [2.45, 2.75) is 25.7 Å². The van der Waals surface area contributed by atoms with Gasteiger partial charge in [0, 0.05) is 18.2 Å². The van der Waals surface area contributed by atoms with Gasteiger partial charge in [-0.2, -0.15) is 0 Å². The average Bonchev–Trinajstić information content (AvgIpc) is 3.24. The van der Waals surface area contributed by atoms with Crippen LogP contribution in [0.25, 0.3) is 0 Å². The molecule has 1 amide bonds. The van der Waals surface area contributed by atoms with Gasteiger partial charge in [-0.05, 0) is 30.5 Å². The highest BCUT2D eigenvalue weighted by Gasteiger charge is 2.34. The SMILES string of the molecule is O=C(O)CCN(C(=O)C1CC1)c1ccc(CC(=O)O)cc1. The molecule has 1 saturated carbocycles. The molecule has 2 N–H and O–H groups in total. The fraction of sp³-hybridized carbons (Fsp3) is 0.400. The van der Waals surface area contributed by atoms with E-state index in [0.717, 1.165) is 12.8 Å². The van der Waals surface area contributed by atoms with Gasteiger partial charge in [0.05, 0.1) is 12.8 Å². The number of anilines is 1. The minimum Gasteiger partial charge on any atom is -0.481 e. The summed E-state index contributed by atoms with van der Waals surface area (Å²) in [7, 11) is 0. The number of carboxylic acid groups (broad SMARTS) is 2. The van der Waals surface area contributed by atoms with Crippen LogP contribution in [0, 0.1) is 5.92 Å². The standard InChI is InChI=1S/C15H17NO5/c17-13(18)7-8-16(15(21)11-3-4-11)12-5-1-10(2-6-12)9-14(19)20/h1-2,5-6,11H,3-4,7-9H2,(H,17,18)(H,19,20). The third kappa shape index (κ3) is 4.30. The van der Waals surface area contributed by atoms with E-state index in [4.69, 9.17) is 10.2 Å². The summed E-state index contributed by atoms with van der Waals surface area (Å²) in [5.41, 5.74) is 1.26. The van der Waals surface area contributed by atoms with Gasteiger partial charge in [0.1, 0.15) is 0 Å². The van der Waals surface area contributed by atoms with Crippen molar-refractivity contribution in [3.63, 3.8) is 0 Å². The van der Waals surface area contributed by atoms with Crippen LogP contribution in [0.2, 0.25) is 0 Å². The third-order valence-electron chi connectivity index (χ3n) is 3.35. The first-order chi connectivity index (χ1) is 9.97. The second kappa shape index (κ2) is 6.39. The van der Waals surface area contributed by atoms with Crippen LogP contribution in [-0.4, -0.2) is 34.6 Å². The number of aliphatic carboxylic acids is 2. The fourth-order valence-electron chi connectivity index (χ4n) is 2.09. The molecule has 1 aromatic rings. The molecule has 6 nitrogen and oxygen atoms in total. The summed E-state index contributed by atoms with van der Waals surface area (Å²) < 4.78 is 0. The van der Waals surface area contributed by atoms with Gasteiger partial charge in [0.25, 0.3) is 0 Å². The first-order valence-electron chi connectivity index (χ1n) is 6.81. The maximum absolute atomic E-state index is 12.2. The molecule has 0 saturated heterocycles. The van der Waals surface area contributed by atoms with Crippen LogP contribution in [0.4, 0.5) is 5.69 Å². The molecule has 2 rings (SSSR count). The summed E-state index contributed by atoms with van der Waals surface area (Å²) in [6, 6.07) is 6.63. The Morgan fingerprint density at radius 3 is 2.14 bits per heavy atom. The molecule has 0 aromatic heterocycles. The third-order valence-corrected chi connectivity index (χ3v) is 3.35. The van der Waals surface area contributed by atoms with E-state index in [1.807, 2.05) is 0 Å². The Kier molecular flexibility index (Phi) is 4.57. The predicted octanol–water partition coefficient (Wildman–Crippen LogP) is 1.53. The van der Waals surface area contributed by atoms with Crippen LogP contribution in [0.1, 0.15) is 24.8 Å². The maximum Gasteiger partial charge on any atom is 0.307 e. The van der Waals surface area contributed by atoms with Gasteiger partial charge in [-0.15, -0.1) is 0 Å². The minimum atomic E-state index is -0.953. The molecule has 21 heavy (non-hydrogen) atoms. The lowest BCUT2D eigenvalue weighted by atomic mass is 10.1.